The van der Waals surface area contributed by atoms with Crippen molar-refractivity contribution in [2.45, 2.75) is 6.54 Å². The minimum atomic E-state index is -0.717. The van der Waals surface area contributed by atoms with E-state index in [9.17, 15) is 23.2 Å². The Morgan fingerprint density at radius 3 is 2.50 bits per heavy atom. The molecule has 1 aliphatic rings. The molecule has 32 heavy (non-hydrogen) atoms. The number of hydrogen-bond donors (Lipinski definition) is 2. The van der Waals surface area contributed by atoms with E-state index in [1.165, 1.54) is 32.3 Å². The van der Waals surface area contributed by atoms with E-state index >= 15 is 0 Å². The second kappa shape index (κ2) is 8.50. The number of amides is 1. The number of aromatic amines is 1. The van der Waals surface area contributed by atoms with Crippen LogP contribution in [0.1, 0.15) is 16.1 Å². The summed E-state index contributed by atoms with van der Waals surface area (Å²) in [5.41, 5.74) is -0.656. The third kappa shape index (κ3) is 3.86. The molecule has 0 unspecified atom stereocenters. The zero-order valence-corrected chi connectivity index (χ0v) is 17.6. The van der Waals surface area contributed by atoms with E-state index < -0.39 is 28.9 Å². The summed E-state index contributed by atoms with van der Waals surface area (Å²) >= 11 is 0. The summed E-state index contributed by atoms with van der Waals surface area (Å²) in [7, 11) is 2.78. The molecule has 1 aliphatic heterocycles. The molecule has 0 saturated carbocycles. The van der Waals surface area contributed by atoms with Crippen LogP contribution >= 0.6 is 0 Å². The monoisotopic (exact) mass is 444 g/mol. The van der Waals surface area contributed by atoms with Gasteiger partial charge >= 0.3 is 5.69 Å². The molecular weight excluding hydrogens is 422 g/mol. The molecule has 1 amide bonds. The number of H-pyrrole nitrogens is 1. The maximum absolute atomic E-state index is 15.0. The van der Waals surface area contributed by atoms with Gasteiger partial charge in [0.05, 0.1) is 16.6 Å². The van der Waals surface area contributed by atoms with Crippen LogP contribution in [0, 0.1) is 11.8 Å². The van der Waals surface area contributed by atoms with E-state index in [1.54, 1.807) is 6.07 Å². The quantitative estimate of drug-likeness (QED) is 0.571. The third-order valence-electron chi connectivity index (χ3n) is 5.69. The fourth-order valence-electron chi connectivity index (χ4n) is 3.81. The first-order valence-electron chi connectivity index (χ1n) is 10.1. The minimum absolute atomic E-state index is 0.00652. The zero-order chi connectivity index (χ0) is 23.0. The molecule has 0 atom stereocenters. The summed E-state index contributed by atoms with van der Waals surface area (Å²) in [6.45, 7) is 2.35. The number of fused-ring (bicyclic) bond motifs is 1. The third-order valence-corrected chi connectivity index (χ3v) is 5.69. The number of nitrogens with one attached hydrogen (secondary N) is 2. The summed E-state index contributed by atoms with van der Waals surface area (Å²) in [6, 6.07) is 6.06. The van der Waals surface area contributed by atoms with Gasteiger partial charge in [0.15, 0.2) is 5.82 Å². The Labute approximate surface area is 181 Å². The van der Waals surface area contributed by atoms with Crippen LogP contribution in [0.3, 0.4) is 0 Å². The number of carbonyl (C=O) groups is 1. The first-order valence-corrected chi connectivity index (χ1v) is 10.1. The summed E-state index contributed by atoms with van der Waals surface area (Å²) in [4.78, 5) is 45.6. The normalized spacial score (nSPS) is 14.7. The smallest absolute Gasteiger partial charge is 0.328 e. The van der Waals surface area contributed by atoms with Crippen LogP contribution in [-0.4, -0.2) is 58.6 Å². The van der Waals surface area contributed by atoms with Crippen LogP contribution in [0.15, 0.2) is 33.9 Å². The molecule has 1 aromatic carbocycles. The van der Waals surface area contributed by atoms with Gasteiger partial charge in [0.2, 0.25) is 5.95 Å². The molecule has 11 heteroatoms. The Morgan fingerprint density at radius 1 is 1.12 bits per heavy atom. The van der Waals surface area contributed by atoms with Gasteiger partial charge in [-0.2, -0.15) is 4.39 Å². The van der Waals surface area contributed by atoms with Crippen molar-refractivity contribution < 1.29 is 13.6 Å². The molecule has 4 rings (SSSR count). The second-order valence-electron chi connectivity index (χ2n) is 7.60. The summed E-state index contributed by atoms with van der Waals surface area (Å²) in [5, 5.41) is 2.52. The highest BCUT2D eigenvalue weighted by atomic mass is 19.1. The molecule has 0 bridgehead atoms. The molecule has 0 aliphatic carbocycles. The summed E-state index contributed by atoms with van der Waals surface area (Å²) in [5.74, 6) is -1.80. The van der Waals surface area contributed by atoms with Crippen LogP contribution in [0.5, 0.6) is 0 Å². The second-order valence-corrected chi connectivity index (χ2v) is 7.60. The number of halogens is 2. The number of pyridine rings is 1. The van der Waals surface area contributed by atoms with Crippen molar-refractivity contribution >= 4 is 22.5 Å². The fourth-order valence-corrected chi connectivity index (χ4v) is 3.81. The molecular formula is C21H22F2N6O3. The number of benzene rings is 1. The van der Waals surface area contributed by atoms with Gasteiger partial charge in [-0.25, -0.2) is 14.2 Å². The summed E-state index contributed by atoms with van der Waals surface area (Å²) < 4.78 is 30.3. The number of anilines is 1. The first kappa shape index (κ1) is 21.6. The highest BCUT2D eigenvalue weighted by Gasteiger charge is 2.22. The Morgan fingerprint density at radius 2 is 1.84 bits per heavy atom. The largest absolute Gasteiger partial charge is 0.365 e. The van der Waals surface area contributed by atoms with E-state index in [1.807, 2.05) is 9.80 Å². The predicted molar refractivity (Wildman–Crippen MR) is 115 cm³/mol. The highest BCUT2D eigenvalue weighted by molar-refractivity contribution is 5.92. The topological polar surface area (TPSA) is 103 Å². The molecule has 9 nitrogen and oxygen atoms in total. The van der Waals surface area contributed by atoms with Crippen molar-refractivity contribution in [1.29, 1.82) is 0 Å². The van der Waals surface area contributed by atoms with Crippen molar-refractivity contribution in [1.82, 2.24) is 24.8 Å². The number of piperazine rings is 1. The molecule has 3 aromatic rings. The van der Waals surface area contributed by atoms with Crippen molar-refractivity contribution in [3.8, 4) is 0 Å². The maximum Gasteiger partial charge on any atom is 0.328 e. The lowest BCUT2D eigenvalue weighted by Gasteiger charge is -2.36. The van der Waals surface area contributed by atoms with Crippen LogP contribution in [0.4, 0.5) is 14.5 Å². The SMILES string of the molecule is CNC(=O)c1ccc(N2CCN(Cc3ccc4c(=O)n(C)c(=O)[nH]c4c3F)CC2)c(F)n1. The lowest BCUT2D eigenvalue weighted by molar-refractivity contribution is 0.0957. The van der Waals surface area contributed by atoms with Gasteiger partial charge in [-0.1, -0.05) is 6.07 Å². The molecule has 168 valence electrons. The van der Waals surface area contributed by atoms with E-state index in [0.717, 1.165) is 4.57 Å². The Balaban J connectivity index is 1.48. The molecule has 0 spiro atoms. The van der Waals surface area contributed by atoms with Gasteiger partial charge < -0.3 is 15.2 Å². The van der Waals surface area contributed by atoms with Crippen molar-refractivity contribution in [3.05, 3.63) is 68.1 Å². The molecule has 1 fully saturated rings. The molecule has 0 radical (unpaired) electrons. The van der Waals surface area contributed by atoms with Crippen molar-refractivity contribution in [2.75, 3.05) is 38.1 Å². The van der Waals surface area contributed by atoms with Crippen LogP contribution in [0.25, 0.3) is 10.9 Å². The highest BCUT2D eigenvalue weighted by Crippen LogP contribution is 2.22. The van der Waals surface area contributed by atoms with Gasteiger partial charge in [0, 0.05) is 52.4 Å². The van der Waals surface area contributed by atoms with Gasteiger partial charge in [-0.05, 0) is 18.2 Å². The van der Waals surface area contributed by atoms with Gasteiger partial charge in [0.25, 0.3) is 11.5 Å². The van der Waals surface area contributed by atoms with Gasteiger partial charge in [-0.3, -0.25) is 19.1 Å². The zero-order valence-electron chi connectivity index (χ0n) is 17.6. The van der Waals surface area contributed by atoms with E-state index in [4.69, 9.17) is 0 Å². The minimum Gasteiger partial charge on any atom is -0.365 e. The molecule has 2 aromatic heterocycles. The number of aromatic nitrogens is 3. The average Bonchev–Trinajstić information content (AvgIpc) is 2.80. The van der Waals surface area contributed by atoms with E-state index in [0.29, 0.717) is 37.4 Å². The van der Waals surface area contributed by atoms with Crippen LogP contribution in [-0.2, 0) is 13.6 Å². The van der Waals surface area contributed by atoms with E-state index in [2.05, 4.69) is 15.3 Å². The predicted octanol–water partition coefficient (Wildman–Crippen LogP) is 0.582. The lowest BCUT2D eigenvalue weighted by Crippen LogP contribution is -2.46. The Kier molecular flexibility index (Phi) is 5.74. The van der Waals surface area contributed by atoms with Gasteiger partial charge in [-0.15, -0.1) is 0 Å². The van der Waals surface area contributed by atoms with Gasteiger partial charge in [0.1, 0.15) is 5.69 Å². The van der Waals surface area contributed by atoms with Crippen LogP contribution < -0.4 is 21.5 Å². The fraction of sp³-hybridized carbons (Fsp3) is 0.333. The molecule has 1 saturated heterocycles. The number of carbonyl (C=O) groups excluding carboxylic acids is 1. The first-order chi connectivity index (χ1) is 15.3. The number of hydrogen-bond acceptors (Lipinski definition) is 6. The maximum atomic E-state index is 15.0. The standard InChI is InChI=1S/C21H22F2N6O3/c1-24-19(30)14-5-6-15(18(23)25-14)29-9-7-28(8-10-29)11-12-3-4-13-17(16(12)22)26-21(32)27(2)20(13)31/h3-6H,7-11H2,1-2H3,(H,24,30)(H,26,32). The van der Waals surface area contributed by atoms with E-state index in [-0.39, 0.29) is 23.1 Å². The molecule has 3 heterocycles. The Bertz CT molecular complexity index is 1310. The van der Waals surface area contributed by atoms with Crippen molar-refractivity contribution in [3.63, 3.8) is 0 Å². The van der Waals surface area contributed by atoms with Crippen molar-refractivity contribution in [2.24, 2.45) is 7.05 Å². The number of nitrogens with zero attached hydrogens (tertiary/aromatic N) is 4. The Hall–Kier alpha value is -3.60. The average molecular weight is 444 g/mol. The van der Waals surface area contributed by atoms with Crippen LogP contribution in [0.2, 0.25) is 0 Å². The summed E-state index contributed by atoms with van der Waals surface area (Å²) in [6.07, 6.45) is 0. The number of rotatable bonds is 4. The lowest BCUT2D eigenvalue weighted by atomic mass is 10.1. The molecule has 2 N–H and O–H groups in total.